The summed E-state index contributed by atoms with van der Waals surface area (Å²) in [6.45, 7) is 7.26. The minimum atomic E-state index is -0.644. The number of carbonyl (C=O) groups is 3. The maximum absolute atomic E-state index is 12.7. The van der Waals surface area contributed by atoms with E-state index in [0.29, 0.717) is 11.4 Å². The van der Waals surface area contributed by atoms with Gasteiger partial charge in [-0.05, 0) is 63.1 Å². The molecule has 0 aliphatic carbocycles. The Morgan fingerprint density at radius 1 is 1.00 bits per heavy atom. The van der Waals surface area contributed by atoms with Crippen LogP contribution in [-0.2, 0) is 9.59 Å². The topological polar surface area (TPSA) is 69.7 Å². The van der Waals surface area contributed by atoms with Crippen molar-refractivity contribution in [2.45, 2.75) is 33.7 Å². The van der Waals surface area contributed by atoms with Crippen LogP contribution in [0.5, 0.6) is 0 Å². The lowest BCUT2D eigenvalue weighted by Gasteiger charge is -2.19. The minimum absolute atomic E-state index is 0.308. The second-order valence-corrected chi connectivity index (χ2v) is 6.94. The number of nitrogens with one attached hydrogen (secondary N) is 1. The van der Waals surface area contributed by atoms with Crippen LogP contribution in [0.15, 0.2) is 42.5 Å². The summed E-state index contributed by atoms with van der Waals surface area (Å²) < 4.78 is 0. The molecule has 2 aromatic rings. The van der Waals surface area contributed by atoms with Crippen LogP contribution in [0.3, 0.4) is 0 Å². The lowest BCUT2D eigenvalue weighted by atomic mass is 10.1. The zero-order valence-corrected chi connectivity index (χ0v) is 15.9. The number of aryl methyl sites for hydroxylation is 3. The van der Waals surface area contributed by atoms with Gasteiger partial charge in [-0.2, -0.15) is 0 Å². The molecule has 0 aromatic heterocycles. The maximum Gasteiger partial charge on any atom is 0.332 e. The Balaban J connectivity index is 1.73. The van der Waals surface area contributed by atoms with Crippen LogP contribution < -0.4 is 10.2 Å². The van der Waals surface area contributed by atoms with Gasteiger partial charge in [0.1, 0.15) is 12.6 Å². The molecule has 0 saturated carbocycles. The molecule has 1 saturated heterocycles. The van der Waals surface area contributed by atoms with Crippen molar-refractivity contribution in [3.05, 3.63) is 59.2 Å². The van der Waals surface area contributed by atoms with Crippen LogP contribution in [0, 0.1) is 20.8 Å². The number of nitrogens with zero attached hydrogens (tertiary/aromatic N) is 2. The van der Waals surface area contributed by atoms with Crippen molar-refractivity contribution in [2.24, 2.45) is 0 Å². The molecule has 1 heterocycles. The fourth-order valence-corrected chi connectivity index (χ4v) is 3.07. The molecule has 1 N–H and O–H groups in total. The Morgan fingerprint density at radius 3 is 2.30 bits per heavy atom. The molecule has 1 atom stereocenters. The molecule has 1 aliphatic rings. The number of imide groups is 1. The van der Waals surface area contributed by atoms with Crippen LogP contribution in [0.1, 0.15) is 23.6 Å². The van der Waals surface area contributed by atoms with Crippen molar-refractivity contribution in [2.75, 3.05) is 16.8 Å². The number of benzene rings is 2. The molecule has 6 heteroatoms. The molecule has 3 rings (SSSR count). The van der Waals surface area contributed by atoms with Crippen LogP contribution in [-0.4, -0.2) is 35.3 Å². The van der Waals surface area contributed by atoms with E-state index in [0.717, 1.165) is 21.6 Å². The third-order valence-corrected chi connectivity index (χ3v) is 4.85. The average Bonchev–Trinajstić information content (AvgIpc) is 2.83. The van der Waals surface area contributed by atoms with Crippen molar-refractivity contribution < 1.29 is 14.4 Å². The smallest absolute Gasteiger partial charge is 0.325 e. The van der Waals surface area contributed by atoms with Gasteiger partial charge in [-0.3, -0.25) is 19.4 Å². The van der Waals surface area contributed by atoms with Crippen molar-refractivity contribution in [1.82, 2.24) is 4.90 Å². The van der Waals surface area contributed by atoms with Crippen molar-refractivity contribution in [1.29, 1.82) is 0 Å². The number of hydrogen-bond acceptors (Lipinski definition) is 3. The third-order valence-electron chi connectivity index (χ3n) is 4.85. The van der Waals surface area contributed by atoms with Crippen molar-refractivity contribution in [3.63, 3.8) is 0 Å². The second-order valence-electron chi connectivity index (χ2n) is 6.94. The molecule has 1 aliphatic heterocycles. The van der Waals surface area contributed by atoms with E-state index in [1.807, 2.05) is 45.0 Å². The summed E-state index contributed by atoms with van der Waals surface area (Å²) in [4.78, 5) is 40.1. The lowest BCUT2D eigenvalue weighted by Crippen LogP contribution is -2.39. The maximum atomic E-state index is 12.7. The molecule has 0 bridgehead atoms. The van der Waals surface area contributed by atoms with Gasteiger partial charge in [0, 0.05) is 11.4 Å². The third kappa shape index (κ3) is 3.69. The summed E-state index contributed by atoms with van der Waals surface area (Å²) in [5, 5.41) is 2.75. The normalized spacial score (nSPS) is 16.8. The van der Waals surface area contributed by atoms with E-state index in [9.17, 15) is 14.4 Å². The highest BCUT2D eigenvalue weighted by Gasteiger charge is 2.44. The predicted octanol–water partition coefficient (Wildman–Crippen LogP) is 3.41. The molecular weight excluding hydrogens is 342 g/mol. The van der Waals surface area contributed by atoms with E-state index in [-0.39, 0.29) is 12.5 Å². The van der Waals surface area contributed by atoms with E-state index in [4.69, 9.17) is 0 Å². The van der Waals surface area contributed by atoms with Gasteiger partial charge in [-0.25, -0.2) is 4.79 Å². The number of amides is 4. The quantitative estimate of drug-likeness (QED) is 0.844. The molecule has 0 unspecified atom stereocenters. The first-order chi connectivity index (χ1) is 12.8. The number of carbonyl (C=O) groups excluding carboxylic acids is 3. The van der Waals surface area contributed by atoms with Crippen molar-refractivity contribution in [3.8, 4) is 0 Å². The summed E-state index contributed by atoms with van der Waals surface area (Å²) >= 11 is 0. The highest BCUT2D eigenvalue weighted by Crippen LogP contribution is 2.26. The predicted molar refractivity (Wildman–Crippen MR) is 105 cm³/mol. The summed E-state index contributed by atoms with van der Waals surface area (Å²) in [6, 6.07) is 11.8. The first-order valence-electron chi connectivity index (χ1n) is 8.86. The monoisotopic (exact) mass is 365 g/mol. The Bertz CT molecular complexity index is 905. The minimum Gasteiger partial charge on any atom is -0.325 e. The number of anilines is 2. The lowest BCUT2D eigenvalue weighted by molar-refractivity contribution is -0.130. The molecule has 1 fully saturated rings. The highest BCUT2D eigenvalue weighted by molar-refractivity contribution is 6.16. The standard InChI is InChI=1S/C21H23N3O3/c1-13-5-9-18(10-6-13)24-16(4)20(26)23(21(24)27)12-19(25)22-17-8-7-14(2)15(3)11-17/h5-11,16H,12H2,1-4H3,(H,22,25)/t16-/m1/s1. The van der Waals surface area contributed by atoms with E-state index in [1.54, 1.807) is 25.1 Å². The Kier molecular flexibility index (Phi) is 4.99. The van der Waals surface area contributed by atoms with E-state index in [2.05, 4.69) is 5.32 Å². The highest BCUT2D eigenvalue weighted by atomic mass is 16.2. The zero-order chi connectivity index (χ0) is 19.7. The first kappa shape index (κ1) is 18.6. The molecule has 4 amide bonds. The van der Waals surface area contributed by atoms with Crippen molar-refractivity contribution >= 4 is 29.2 Å². The molecule has 6 nitrogen and oxygen atoms in total. The Hall–Kier alpha value is -3.15. The summed E-state index contributed by atoms with van der Waals surface area (Å²) in [6.07, 6.45) is 0. The Morgan fingerprint density at radius 2 is 1.67 bits per heavy atom. The largest absolute Gasteiger partial charge is 0.332 e. The van der Waals surface area contributed by atoms with E-state index < -0.39 is 18.0 Å². The number of hydrogen-bond donors (Lipinski definition) is 1. The van der Waals surface area contributed by atoms with Gasteiger partial charge >= 0.3 is 6.03 Å². The van der Waals surface area contributed by atoms with E-state index >= 15 is 0 Å². The van der Waals surface area contributed by atoms with Crippen LogP contribution >= 0.6 is 0 Å². The first-order valence-corrected chi connectivity index (χ1v) is 8.86. The van der Waals surface area contributed by atoms with Gasteiger partial charge in [0.05, 0.1) is 0 Å². The van der Waals surface area contributed by atoms with Gasteiger partial charge in [-0.1, -0.05) is 23.8 Å². The van der Waals surface area contributed by atoms with Gasteiger partial charge in [-0.15, -0.1) is 0 Å². The average molecular weight is 365 g/mol. The van der Waals surface area contributed by atoms with Gasteiger partial charge in [0.2, 0.25) is 5.91 Å². The van der Waals surface area contributed by atoms with E-state index in [1.165, 1.54) is 4.90 Å². The fraction of sp³-hybridized carbons (Fsp3) is 0.286. The van der Waals surface area contributed by atoms with Crippen LogP contribution in [0.2, 0.25) is 0 Å². The summed E-state index contributed by atoms with van der Waals surface area (Å²) in [7, 11) is 0. The molecule has 0 spiro atoms. The number of rotatable bonds is 4. The molecule has 2 aromatic carbocycles. The molecular formula is C21H23N3O3. The molecule has 27 heavy (non-hydrogen) atoms. The van der Waals surface area contributed by atoms with Crippen LogP contribution in [0.25, 0.3) is 0 Å². The van der Waals surface area contributed by atoms with Gasteiger partial charge in [0.15, 0.2) is 0 Å². The number of urea groups is 1. The summed E-state index contributed by atoms with van der Waals surface area (Å²) in [5.74, 6) is -0.784. The second kappa shape index (κ2) is 7.23. The Labute approximate surface area is 158 Å². The molecule has 0 radical (unpaired) electrons. The summed E-state index contributed by atoms with van der Waals surface area (Å²) in [5.41, 5.74) is 4.53. The van der Waals surface area contributed by atoms with Gasteiger partial charge < -0.3 is 5.32 Å². The molecule has 140 valence electrons. The SMILES string of the molecule is Cc1ccc(N2C(=O)N(CC(=O)Nc3ccc(C)c(C)c3)C(=O)[C@H]2C)cc1. The fourth-order valence-electron chi connectivity index (χ4n) is 3.07. The van der Waals surface area contributed by atoms with Gasteiger partial charge in [0.25, 0.3) is 5.91 Å². The van der Waals surface area contributed by atoms with Crippen LogP contribution in [0.4, 0.5) is 16.2 Å². The zero-order valence-electron chi connectivity index (χ0n) is 15.9.